The first-order chi connectivity index (χ1) is 11.5. The standard InChI is InChI=1S/C19H21NO4/c1-3-18(2)13-23-19(24-14-18,15-7-5-4-6-8-15)16-9-11-17(12-10-16)20(21)22/h4-12H,3,13-14H2,1-2H3. The second kappa shape index (κ2) is 6.34. The number of benzene rings is 2. The van der Waals surface area contributed by atoms with E-state index in [4.69, 9.17) is 9.47 Å². The number of nitrogens with zero attached hydrogens (tertiary/aromatic N) is 1. The van der Waals surface area contributed by atoms with Gasteiger partial charge in [0.1, 0.15) is 0 Å². The molecule has 126 valence electrons. The van der Waals surface area contributed by atoms with E-state index in [-0.39, 0.29) is 11.1 Å². The van der Waals surface area contributed by atoms with Crippen LogP contribution in [0.1, 0.15) is 31.4 Å². The fraction of sp³-hybridized carbons (Fsp3) is 0.368. The molecule has 0 radical (unpaired) electrons. The zero-order valence-corrected chi connectivity index (χ0v) is 13.9. The van der Waals surface area contributed by atoms with Crippen molar-refractivity contribution in [2.45, 2.75) is 26.1 Å². The molecule has 2 aromatic rings. The number of hydrogen-bond donors (Lipinski definition) is 0. The molecule has 0 unspecified atom stereocenters. The van der Waals surface area contributed by atoms with Gasteiger partial charge in [-0.1, -0.05) is 44.2 Å². The molecule has 0 saturated carbocycles. The molecule has 0 atom stereocenters. The van der Waals surface area contributed by atoms with E-state index in [9.17, 15) is 10.1 Å². The molecule has 2 aromatic carbocycles. The van der Waals surface area contributed by atoms with Gasteiger partial charge in [-0.25, -0.2) is 0 Å². The van der Waals surface area contributed by atoms with Crippen molar-refractivity contribution in [3.8, 4) is 0 Å². The van der Waals surface area contributed by atoms with E-state index in [2.05, 4.69) is 13.8 Å². The van der Waals surface area contributed by atoms with Crippen LogP contribution in [0.5, 0.6) is 0 Å². The Morgan fingerprint density at radius 1 is 1.00 bits per heavy atom. The molecule has 3 rings (SSSR count). The van der Waals surface area contributed by atoms with Crippen LogP contribution >= 0.6 is 0 Å². The number of nitro benzene ring substituents is 1. The van der Waals surface area contributed by atoms with Gasteiger partial charge in [-0.05, 0) is 18.6 Å². The monoisotopic (exact) mass is 327 g/mol. The van der Waals surface area contributed by atoms with Crippen LogP contribution in [0, 0.1) is 15.5 Å². The van der Waals surface area contributed by atoms with Gasteiger partial charge in [-0.15, -0.1) is 0 Å². The van der Waals surface area contributed by atoms with Crippen molar-refractivity contribution in [3.05, 3.63) is 75.8 Å². The van der Waals surface area contributed by atoms with Crippen molar-refractivity contribution in [1.29, 1.82) is 0 Å². The van der Waals surface area contributed by atoms with Gasteiger partial charge >= 0.3 is 0 Å². The summed E-state index contributed by atoms with van der Waals surface area (Å²) >= 11 is 0. The van der Waals surface area contributed by atoms with E-state index in [0.717, 1.165) is 17.5 Å². The summed E-state index contributed by atoms with van der Waals surface area (Å²) in [6.45, 7) is 5.39. The van der Waals surface area contributed by atoms with Gasteiger partial charge in [-0.2, -0.15) is 0 Å². The number of ether oxygens (including phenoxy) is 2. The fourth-order valence-corrected chi connectivity index (χ4v) is 2.80. The molecule has 1 heterocycles. The summed E-state index contributed by atoms with van der Waals surface area (Å²) < 4.78 is 12.5. The number of rotatable bonds is 4. The summed E-state index contributed by atoms with van der Waals surface area (Å²) in [6.07, 6.45) is 0.956. The van der Waals surface area contributed by atoms with E-state index in [0.29, 0.717) is 13.2 Å². The maximum atomic E-state index is 10.9. The molecular formula is C19H21NO4. The predicted molar refractivity (Wildman–Crippen MR) is 90.6 cm³/mol. The van der Waals surface area contributed by atoms with Crippen LogP contribution in [-0.4, -0.2) is 18.1 Å². The average molecular weight is 327 g/mol. The Bertz CT molecular complexity index is 704. The van der Waals surface area contributed by atoms with Gasteiger partial charge in [-0.3, -0.25) is 10.1 Å². The highest BCUT2D eigenvalue weighted by Crippen LogP contribution is 2.42. The summed E-state index contributed by atoms with van der Waals surface area (Å²) in [7, 11) is 0. The molecule has 1 fully saturated rings. The molecule has 1 aliphatic heterocycles. The zero-order chi connectivity index (χ0) is 17.2. The Morgan fingerprint density at radius 3 is 2.04 bits per heavy atom. The summed E-state index contributed by atoms with van der Waals surface area (Å²) in [5, 5.41) is 10.9. The van der Waals surface area contributed by atoms with Crippen molar-refractivity contribution in [2.75, 3.05) is 13.2 Å². The molecule has 0 aliphatic carbocycles. The van der Waals surface area contributed by atoms with Crippen LogP contribution in [0.3, 0.4) is 0 Å². The van der Waals surface area contributed by atoms with Crippen LogP contribution < -0.4 is 0 Å². The SMILES string of the molecule is CCC1(C)COC(c2ccccc2)(c2ccc([N+](=O)[O-])cc2)OC1. The van der Waals surface area contributed by atoms with Crippen molar-refractivity contribution in [2.24, 2.45) is 5.41 Å². The van der Waals surface area contributed by atoms with Gasteiger partial charge in [0, 0.05) is 28.7 Å². The van der Waals surface area contributed by atoms with Gasteiger partial charge in [0.25, 0.3) is 5.69 Å². The molecule has 0 N–H and O–H groups in total. The average Bonchev–Trinajstić information content (AvgIpc) is 2.63. The lowest BCUT2D eigenvalue weighted by molar-refractivity contribution is -0.384. The Morgan fingerprint density at radius 2 is 1.54 bits per heavy atom. The molecular weight excluding hydrogens is 306 g/mol. The lowest BCUT2D eigenvalue weighted by Gasteiger charge is -2.45. The van der Waals surface area contributed by atoms with Crippen LogP contribution in [0.2, 0.25) is 0 Å². The van der Waals surface area contributed by atoms with Crippen molar-refractivity contribution >= 4 is 5.69 Å². The van der Waals surface area contributed by atoms with Crippen LogP contribution in [0.15, 0.2) is 54.6 Å². The normalized spacial score (nSPS) is 26.9. The highest BCUT2D eigenvalue weighted by atomic mass is 16.7. The minimum absolute atomic E-state index is 0.0287. The van der Waals surface area contributed by atoms with E-state index in [1.165, 1.54) is 12.1 Å². The van der Waals surface area contributed by atoms with Crippen LogP contribution in [0.4, 0.5) is 5.69 Å². The second-order valence-electron chi connectivity index (χ2n) is 6.53. The Hall–Kier alpha value is -2.24. The maximum absolute atomic E-state index is 10.9. The highest BCUT2D eigenvalue weighted by molar-refractivity contribution is 5.40. The quantitative estimate of drug-likeness (QED) is 0.622. The summed E-state index contributed by atoms with van der Waals surface area (Å²) in [6, 6.07) is 16.1. The third-order valence-electron chi connectivity index (χ3n) is 4.71. The first kappa shape index (κ1) is 16.6. The Kier molecular flexibility index (Phi) is 4.39. The molecule has 24 heavy (non-hydrogen) atoms. The highest BCUT2D eigenvalue weighted by Gasteiger charge is 2.44. The van der Waals surface area contributed by atoms with Gasteiger partial charge in [0.2, 0.25) is 5.79 Å². The molecule has 1 aliphatic rings. The lowest BCUT2D eigenvalue weighted by Crippen LogP contribution is -2.47. The zero-order valence-electron chi connectivity index (χ0n) is 13.9. The van der Waals surface area contributed by atoms with Crippen LogP contribution in [0.25, 0.3) is 0 Å². The largest absolute Gasteiger partial charge is 0.342 e. The Labute approximate surface area is 141 Å². The smallest absolute Gasteiger partial charge is 0.269 e. The van der Waals surface area contributed by atoms with Crippen LogP contribution in [-0.2, 0) is 15.3 Å². The summed E-state index contributed by atoms with van der Waals surface area (Å²) in [5.74, 6) is -1.02. The van der Waals surface area contributed by atoms with E-state index < -0.39 is 10.7 Å². The molecule has 0 aromatic heterocycles. The van der Waals surface area contributed by atoms with Gasteiger partial charge < -0.3 is 9.47 Å². The van der Waals surface area contributed by atoms with Crippen molar-refractivity contribution in [3.63, 3.8) is 0 Å². The minimum atomic E-state index is -1.02. The second-order valence-corrected chi connectivity index (χ2v) is 6.53. The van der Waals surface area contributed by atoms with Gasteiger partial charge in [0.05, 0.1) is 18.1 Å². The topological polar surface area (TPSA) is 61.6 Å². The molecule has 0 amide bonds. The minimum Gasteiger partial charge on any atom is -0.342 e. The molecule has 5 heteroatoms. The first-order valence-corrected chi connectivity index (χ1v) is 8.07. The fourth-order valence-electron chi connectivity index (χ4n) is 2.80. The Balaban J connectivity index is 2.02. The van der Waals surface area contributed by atoms with E-state index in [1.54, 1.807) is 12.1 Å². The van der Waals surface area contributed by atoms with E-state index >= 15 is 0 Å². The summed E-state index contributed by atoms with van der Waals surface area (Å²) in [4.78, 5) is 10.5. The van der Waals surface area contributed by atoms with Gasteiger partial charge in [0.15, 0.2) is 0 Å². The maximum Gasteiger partial charge on any atom is 0.269 e. The van der Waals surface area contributed by atoms with Crippen molar-refractivity contribution < 1.29 is 14.4 Å². The lowest BCUT2D eigenvalue weighted by atomic mass is 9.86. The van der Waals surface area contributed by atoms with Crippen molar-refractivity contribution in [1.82, 2.24) is 0 Å². The number of nitro groups is 1. The summed E-state index contributed by atoms with van der Waals surface area (Å²) in [5.41, 5.74) is 1.67. The molecule has 0 spiro atoms. The molecule has 5 nitrogen and oxygen atoms in total. The number of hydrogen-bond acceptors (Lipinski definition) is 4. The number of non-ortho nitro benzene ring substituents is 1. The third-order valence-corrected chi connectivity index (χ3v) is 4.71. The molecule has 1 saturated heterocycles. The first-order valence-electron chi connectivity index (χ1n) is 8.07. The van der Waals surface area contributed by atoms with E-state index in [1.807, 2.05) is 30.3 Å². The molecule has 0 bridgehead atoms. The predicted octanol–water partition coefficient (Wildman–Crippen LogP) is 4.26. The third kappa shape index (κ3) is 2.92.